The lowest BCUT2D eigenvalue weighted by Gasteiger charge is -2.18. The molecular weight excluding hydrogens is 446 g/mol. The van der Waals surface area contributed by atoms with E-state index in [4.69, 9.17) is 0 Å². The predicted molar refractivity (Wildman–Crippen MR) is 137 cm³/mol. The molecule has 0 spiro atoms. The van der Waals surface area contributed by atoms with E-state index in [1.165, 1.54) is 0 Å². The Hall–Kier alpha value is -3.54. The summed E-state index contributed by atoms with van der Waals surface area (Å²) in [5, 5.41) is 15.5. The van der Waals surface area contributed by atoms with Crippen LogP contribution in [-0.4, -0.2) is 47.7 Å². The molecule has 0 bridgehead atoms. The van der Waals surface area contributed by atoms with Crippen molar-refractivity contribution in [3.63, 3.8) is 0 Å². The Bertz CT molecular complexity index is 1210. The Labute approximate surface area is 204 Å². The number of carbonyl (C=O) groups excluding carboxylic acids is 2. The zero-order chi connectivity index (χ0) is 24.7. The predicted octanol–water partition coefficient (Wildman–Crippen LogP) is 4.26. The largest absolute Gasteiger partial charge is 0.326 e. The zero-order valence-electron chi connectivity index (χ0n) is 19.9. The van der Waals surface area contributed by atoms with Gasteiger partial charge in [0.25, 0.3) is 0 Å². The number of rotatable bonds is 9. The summed E-state index contributed by atoms with van der Waals surface area (Å²) in [5.74, 6) is -0.00474. The molecule has 2 aromatic carbocycles. The SMILES string of the molecule is CSc1ccccc1NC(=O)CN(C)CC(=O)Nc1c(C#N)c(C)c(C)n1Cc1ccccc1. The van der Waals surface area contributed by atoms with Crippen LogP contribution in [0, 0.1) is 25.2 Å². The Morgan fingerprint density at radius 3 is 2.26 bits per heavy atom. The molecule has 0 unspecified atom stereocenters. The van der Waals surface area contributed by atoms with E-state index in [1.807, 2.05) is 79.3 Å². The van der Waals surface area contributed by atoms with Crippen molar-refractivity contribution in [2.45, 2.75) is 25.3 Å². The average molecular weight is 476 g/mol. The third-order valence-electron chi connectivity index (χ3n) is 5.59. The van der Waals surface area contributed by atoms with Gasteiger partial charge in [-0.2, -0.15) is 5.26 Å². The van der Waals surface area contributed by atoms with Gasteiger partial charge in [-0.25, -0.2) is 0 Å². The van der Waals surface area contributed by atoms with Crippen LogP contribution in [0.4, 0.5) is 11.5 Å². The van der Waals surface area contributed by atoms with Crippen molar-refractivity contribution < 1.29 is 9.59 Å². The van der Waals surface area contributed by atoms with Crippen molar-refractivity contribution in [1.29, 1.82) is 5.26 Å². The van der Waals surface area contributed by atoms with E-state index in [1.54, 1.807) is 23.7 Å². The number of nitriles is 1. The molecule has 0 aliphatic carbocycles. The van der Waals surface area contributed by atoms with Gasteiger partial charge in [-0.1, -0.05) is 42.5 Å². The molecule has 0 saturated carbocycles. The van der Waals surface area contributed by atoms with Crippen molar-refractivity contribution in [3.05, 3.63) is 77.0 Å². The fourth-order valence-electron chi connectivity index (χ4n) is 3.75. The van der Waals surface area contributed by atoms with Gasteiger partial charge in [0.05, 0.1) is 24.3 Å². The molecule has 0 atom stereocenters. The van der Waals surface area contributed by atoms with Crippen LogP contribution >= 0.6 is 11.8 Å². The molecule has 0 aliphatic rings. The minimum absolute atomic E-state index is 0.0110. The highest BCUT2D eigenvalue weighted by molar-refractivity contribution is 7.98. The van der Waals surface area contributed by atoms with Crippen LogP contribution in [0.15, 0.2) is 59.5 Å². The highest BCUT2D eigenvalue weighted by Crippen LogP contribution is 2.27. The van der Waals surface area contributed by atoms with Crippen LogP contribution in [0.3, 0.4) is 0 Å². The van der Waals surface area contributed by atoms with Gasteiger partial charge < -0.3 is 15.2 Å². The van der Waals surface area contributed by atoms with E-state index >= 15 is 0 Å². The fourth-order valence-corrected chi connectivity index (χ4v) is 4.30. The smallest absolute Gasteiger partial charge is 0.239 e. The van der Waals surface area contributed by atoms with Gasteiger partial charge >= 0.3 is 0 Å². The molecule has 1 aromatic heterocycles. The highest BCUT2D eigenvalue weighted by atomic mass is 32.2. The molecule has 2 amide bonds. The maximum atomic E-state index is 12.8. The minimum atomic E-state index is -0.289. The van der Waals surface area contributed by atoms with E-state index in [0.29, 0.717) is 17.9 Å². The number of likely N-dealkylation sites (N-methyl/N-ethyl adjacent to an activating group) is 1. The molecule has 0 aliphatic heterocycles. The van der Waals surface area contributed by atoms with E-state index in [-0.39, 0.29) is 24.9 Å². The number of carbonyl (C=O) groups is 2. The number of thioether (sulfide) groups is 1. The van der Waals surface area contributed by atoms with Crippen LogP contribution < -0.4 is 10.6 Å². The van der Waals surface area contributed by atoms with Crippen LogP contribution in [0.2, 0.25) is 0 Å². The van der Waals surface area contributed by atoms with Crippen molar-refractivity contribution in [3.8, 4) is 6.07 Å². The maximum absolute atomic E-state index is 12.8. The number of amides is 2. The van der Waals surface area contributed by atoms with Gasteiger partial charge in [-0.05, 0) is 50.4 Å². The summed E-state index contributed by atoms with van der Waals surface area (Å²) >= 11 is 1.56. The average Bonchev–Trinajstić information content (AvgIpc) is 3.03. The molecule has 0 fully saturated rings. The molecule has 176 valence electrons. The number of benzene rings is 2. The molecule has 2 N–H and O–H groups in total. The normalized spacial score (nSPS) is 10.7. The Kier molecular flexibility index (Phi) is 8.52. The third-order valence-corrected chi connectivity index (χ3v) is 6.39. The number of aromatic nitrogens is 1. The van der Waals surface area contributed by atoms with Crippen LogP contribution in [0.25, 0.3) is 0 Å². The number of hydrogen-bond acceptors (Lipinski definition) is 5. The van der Waals surface area contributed by atoms with Crippen molar-refractivity contribution in [2.75, 3.05) is 37.0 Å². The van der Waals surface area contributed by atoms with Crippen LogP contribution in [0.5, 0.6) is 0 Å². The Balaban J connectivity index is 1.67. The number of para-hydroxylation sites is 1. The summed E-state index contributed by atoms with van der Waals surface area (Å²) in [4.78, 5) is 28.0. The number of hydrogen-bond donors (Lipinski definition) is 2. The molecule has 0 radical (unpaired) electrons. The van der Waals surface area contributed by atoms with Gasteiger partial charge in [0, 0.05) is 17.1 Å². The Morgan fingerprint density at radius 2 is 1.62 bits per heavy atom. The highest BCUT2D eigenvalue weighted by Gasteiger charge is 2.21. The van der Waals surface area contributed by atoms with Crippen molar-refractivity contribution in [2.24, 2.45) is 0 Å². The van der Waals surface area contributed by atoms with Gasteiger partial charge in [-0.3, -0.25) is 14.5 Å². The topological polar surface area (TPSA) is 90.2 Å². The van der Waals surface area contributed by atoms with Gasteiger partial charge in [0.15, 0.2) is 0 Å². The Morgan fingerprint density at radius 1 is 1.00 bits per heavy atom. The zero-order valence-corrected chi connectivity index (χ0v) is 20.7. The summed E-state index contributed by atoms with van der Waals surface area (Å²) in [6.07, 6.45) is 1.95. The first kappa shape index (κ1) is 25.1. The van der Waals surface area contributed by atoms with Gasteiger partial charge in [0.2, 0.25) is 11.8 Å². The second-order valence-corrected chi connectivity index (χ2v) is 8.93. The lowest BCUT2D eigenvalue weighted by Crippen LogP contribution is -2.36. The standard InChI is InChI=1S/C26H29N5O2S/c1-18-19(2)31(15-20-10-6-5-7-11-20)26(21(18)14-27)29-25(33)17-30(3)16-24(32)28-22-12-8-9-13-23(22)34-4/h5-13H,15-17H2,1-4H3,(H,28,32)(H,29,33). The van der Waals surface area contributed by atoms with Crippen LogP contribution in [-0.2, 0) is 16.1 Å². The molecule has 7 nitrogen and oxygen atoms in total. The first-order chi connectivity index (χ1) is 16.3. The first-order valence-electron chi connectivity index (χ1n) is 10.9. The summed E-state index contributed by atoms with van der Waals surface area (Å²) in [7, 11) is 1.71. The third kappa shape index (κ3) is 6.07. The van der Waals surface area contributed by atoms with Crippen LogP contribution in [0.1, 0.15) is 22.4 Å². The number of nitrogens with one attached hydrogen (secondary N) is 2. The molecule has 3 aromatic rings. The molecular formula is C26H29N5O2S. The van der Waals surface area contributed by atoms with E-state index in [2.05, 4.69) is 16.7 Å². The van der Waals surface area contributed by atoms with Crippen molar-refractivity contribution >= 4 is 35.1 Å². The second kappa shape index (κ2) is 11.5. The van der Waals surface area contributed by atoms with Crippen molar-refractivity contribution in [1.82, 2.24) is 9.47 Å². The molecule has 34 heavy (non-hydrogen) atoms. The number of nitrogens with zero attached hydrogens (tertiary/aromatic N) is 3. The quantitative estimate of drug-likeness (QED) is 0.452. The molecule has 3 rings (SSSR count). The monoisotopic (exact) mass is 475 g/mol. The molecule has 0 saturated heterocycles. The molecule has 1 heterocycles. The lowest BCUT2D eigenvalue weighted by molar-refractivity contribution is -0.119. The summed E-state index contributed by atoms with van der Waals surface area (Å²) < 4.78 is 1.95. The second-order valence-electron chi connectivity index (χ2n) is 8.09. The van der Waals surface area contributed by atoms with E-state index < -0.39 is 0 Å². The van der Waals surface area contributed by atoms with E-state index in [0.717, 1.165) is 27.4 Å². The molecule has 8 heteroatoms. The number of anilines is 2. The van der Waals surface area contributed by atoms with Gasteiger partial charge in [0.1, 0.15) is 11.9 Å². The fraction of sp³-hybridized carbons (Fsp3) is 0.269. The maximum Gasteiger partial charge on any atom is 0.239 e. The lowest BCUT2D eigenvalue weighted by atomic mass is 10.2. The van der Waals surface area contributed by atoms with Gasteiger partial charge in [-0.15, -0.1) is 11.8 Å². The summed E-state index contributed by atoms with van der Waals surface area (Å²) in [5.41, 5.74) is 4.04. The first-order valence-corrected chi connectivity index (χ1v) is 12.1. The minimum Gasteiger partial charge on any atom is -0.326 e. The summed E-state index contributed by atoms with van der Waals surface area (Å²) in [6.45, 7) is 4.44. The summed E-state index contributed by atoms with van der Waals surface area (Å²) in [6, 6.07) is 19.7. The van der Waals surface area contributed by atoms with E-state index in [9.17, 15) is 14.9 Å².